The summed E-state index contributed by atoms with van der Waals surface area (Å²) < 4.78 is 5.51. The fourth-order valence-corrected chi connectivity index (χ4v) is 3.39. The maximum Gasteiger partial charge on any atom is 0.231 e. The molecule has 2 aromatic carbocycles. The highest BCUT2D eigenvalue weighted by atomic mass is 16.5. The molecule has 1 N–H and O–H groups in total. The van der Waals surface area contributed by atoms with E-state index in [0.717, 1.165) is 29.7 Å². The van der Waals surface area contributed by atoms with E-state index in [1.807, 2.05) is 32.3 Å². The Labute approximate surface area is 149 Å². The summed E-state index contributed by atoms with van der Waals surface area (Å²) in [7, 11) is 4.04. The first-order valence-electron chi connectivity index (χ1n) is 8.80. The summed E-state index contributed by atoms with van der Waals surface area (Å²) in [5, 5.41) is 3.15. The minimum absolute atomic E-state index is 0.0960. The molecule has 4 heteroatoms. The number of carbonyl (C=O) groups is 1. The van der Waals surface area contributed by atoms with Gasteiger partial charge in [-0.3, -0.25) is 4.79 Å². The number of ether oxygens (including phenoxy) is 1. The lowest BCUT2D eigenvalue weighted by atomic mass is 9.73. The predicted octanol–water partition coefficient (Wildman–Crippen LogP) is 3.12. The smallest absolute Gasteiger partial charge is 0.231 e. The second-order valence-electron chi connectivity index (χ2n) is 6.80. The topological polar surface area (TPSA) is 41.6 Å². The number of hydrogen-bond donors (Lipinski definition) is 1. The molecule has 0 radical (unpaired) electrons. The fraction of sp³-hybridized carbons (Fsp3) is 0.381. The van der Waals surface area contributed by atoms with Crippen LogP contribution in [0.3, 0.4) is 0 Å². The second-order valence-corrected chi connectivity index (χ2v) is 6.80. The molecule has 132 valence electrons. The zero-order chi connectivity index (χ0) is 17.7. The van der Waals surface area contributed by atoms with Gasteiger partial charge in [0.25, 0.3) is 0 Å². The number of anilines is 1. The average Bonchev–Trinajstić information content (AvgIpc) is 2.67. The first-order chi connectivity index (χ1) is 12.1. The van der Waals surface area contributed by atoms with Gasteiger partial charge >= 0.3 is 0 Å². The molecule has 0 atom stereocenters. The fourth-order valence-electron chi connectivity index (χ4n) is 3.39. The van der Waals surface area contributed by atoms with E-state index in [0.29, 0.717) is 19.8 Å². The summed E-state index contributed by atoms with van der Waals surface area (Å²) in [6.07, 6.45) is 1.45. The van der Waals surface area contributed by atoms with Gasteiger partial charge in [0, 0.05) is 39.5 Å². The molecule has 1 amide bonds. The van der Waals surface area contributed by atoms with Crippen LogP contribution in [-0.2, 0) is 21.5 Å². The van der Waals surface area contributed by atoms with Gasteiger partial charge in [0.1, 0.15) is 0 Å². The van der Waals surface area contributed by atoms with Gasteiger partial charge in [-0.05, 0) is 36.1 Å². The van der Waals surface area contributed by atoms with E-state index in [4.69, 9.17) is 4.74 Å². The van der Waals surface area contributed by atoms with Gasteiger partial charge in [0.05, 0.1) is 5.41 Å². The van der Waals surface area contributed by atoms with Gasteiger partial charge in [0.15, 0.2) is 0 Å². The van der Waals surface area contributed by atoms with Crippen LogP contribution in [0.15, 0.2) is 54.6 Å². The van der Waals surface area contributed by atoms with Crippen LogP contribution in [0.2, 0.25) is 0 Å². The highest BCUT2D eigenvalue weighted by Gasteiger charge is 2.41. The van der Waals surface area contributed by atoms with E-state index in [1.165, 1.54) is 0 Å². The highest BCUT2D eigenvalue weighted by Crippen LogP contribution is 2.35. The lowest BCUT2D eigenvalue weighted by Crippen LogP contribution is -2.47. The molecule has 1 aliphatic heterocycles. The summed E-state index contributed by atoms with van der Waals surface area (Å²) in [5.41, 5.74) is 2.86. The van der Waals surface area contributed by atoms with Crippen molar-refractivity contribution < 1.29 is 9.53 Å². The van der Waals surface area contributed by atoms with E-state index in [-0.39, 0.29) is 5.91 Å². The van der Waals surface area contributed by atoms with Crippen molar-refractivity contribution >= 4 is 11.6 Å². The maximum absolute atomic E-state index is 13.1. The number of nitrogens with zero attached hydrogens (tertiary/aromatic N) is 1. The van der Waals surface area contributed by atoms with E-state index in [1.54, 1.807) is 0 Å². The monoisotopic (exact) mass is 338 g/mol. The van der Waals surface area contributed by atoms with Crippen molar-refractivity contribution in [3.8, 4) is 0 Å². The predicted molar refractivity (Wildman–Crippen MR) is 101 cm³/mol. The van der Waals surface area contributed by atoms with Crippen molar-refractivity contribution in [2.75, 3.05) is 32.2 Å². The molecule has 0 saturated carbocycles. The molecule has 1 saturated heterocycles. The third-order valence-electron chi connectivity index (χ3n) is 5.01. The van der Waals surface area contributed by atoms with Crippen LogP contribution < -0.4 is 10.2 Å². The SMILES string of the molecule is CN(C)c1ccc(CNC(=O)C2(c3ccccc3)CCOCC2)cc1. The number of carbonyl (C=O) groups excluding carboxylic acids is 1. The third-order valence-corrected chi connectivity index (χ3v) is 5.01. The third kappa shape index (κ3) is 3.85. The molecular formula is C21H26N2O2. The highest BCUT2D eigenvalue weighted by molar-refractivity contribution is 5.88. The number of rotatable bonds is 5. The first-order valence-corrected chi connectivity index (χ1v) is 8.80. The first kappa shape index (κ1) is 17.5. The lowest BCUT2D eigenvalue weighted by Gasteiger charge is -2.36. The Morgan fingerprint density at radius 3 is 2.28 bits per heavy atom. The van der Waals surface area contributed by atoms with Gasteiger partial charge in [-0.2, -0.15) is 0 Å². The van der Waals surface area contributed by atoms with Crippen LogP contribution in [0, 0.1) is 0 Å². The average molecular weight is 338 g/mol. The minimum Gasteiger partial charge on any atom is -0.381 e. The molecule has 0 aliphatic carbocycles. The molecule has 4 nitrogen and oxygen atoms in total. The number of benzene rings is 2. The van der Waals surface area contributed by atoms with Crippen LogP contribution in [0.25, 0.3) is 0 Å². The molecule has 0 unspecified atom stereocenters. The standard InChI is InChI=1S/C21H26N2O2/c1-23(2)19-10-8-17(9-11-19)16-22-20(24)21(12-14-25-15-13-21)18-6-4-3-5-7-18/h3-11H,12-16H2,1-2H3,(H,22,24). The van der Waals surface area contributed by atoms with Crippen LogP contribution in [0.5, 0.6) is 0 Å². The number of hydrogen-bond acceptors (Lipinski definition) is 3. The second kappa shape index (κ2) is 7.70. The molecule has 0 spiro atoms. The van der Waals surface area contributed by atoms with Gasteiger partial charge < -0.3 is 15.0 Å². The molecule has 0 bridgehead atoms. The van der Waals surface area contributed by atoms with E-state index in [9.17, 15) is 4.79 Å². The normalized spacial score (nSPS) is 16.2. The summed E-state index contributed by atoms with van der Waals surface area (Å²) in [5.74, 6) is 0.0960. The summed E-state index contributed by atoms with van der Waals surface area (Å²) >= 11 is 0. The molecule has 1 heterocycles. The Bertz CT molecular complexity index is 690. The van der Waals surface area contributed by atoms with Gasteiger partial charge in [-0.15, -0.1) is 0 Å². The zero-order valence-corrected chi connectivity index (χ0v) is 15.0. The Hall–Kier alpha value is -2.33. The molecule has 1 fully saturated rings. The van der Waals surface area contributed by atoms with Crippen molar-refractivity contribution in [2.45, 2.75) is 24.8 Å². The zero-order valence-electron chi connectivity index (χ0n) is 15.0. The lowest BCUT2D eigenvalue weighted by molar-refractivity contribution is -0.130. The summed E-state index contributed by atoms with van der Waals surface area (Å²) in [4.78, 5) is 15.2. The molecule has 2 aromatic rings. The number of amides is 1. The van der Waals surface area contributed by atoms with E-state index >= 15 is 0 Å². The van der Waals surface area contributed by atoms with Crippen molar-refractivity contribution in [3.05, 3.63) is 65.7 Å². The van der Waals surface area contributed by atoms with Gasteiger partial charge in [-0.25, -0.2) is 0 Å². The molecular weight excluding hydrogens is 312 g/mol. The molecule has 25 heavy (non-hydrogen) atoms. The molecule has 3 rings (SSSR count). The molecule has 1 aliphatic rings. The van der Waals surface area contributed by atoms with Crippen molar-refractivity contribution in [3.63, 3.8) is 0 Å². The van der Waals surface area contributed by atoms with Crippen LogP contribution in [-0.4, -0.2) is 33.2 Å². The van der Waals surface area contributed by atoms with Crippen molar-refractivity contribution in [2.24, 2.45) is 0 Å². The minimum atomic E-state index is -0.483. The Balaban J connectivity index is 1.73. The number of nitrogens with one attached hydrogen (secondary N) is 1. The van der Waals surface area contributed by atoms with Gasteiger partial charge in [-0.1, -0.05) is 42.5 Å². The van der Waals surface area contributed by atoms with E-state index < -0.39 is 5.41 Å². The Kier molecular flexibility index (Phi) is 5.39. The largest absolute Gasteiger partial charge is 0.381 e. The summed E-state index contributed by atoms with van der Waals surface area (Å²) in [6, 6.07) is 18.4. The van der Waals surface area contributed by atoms with Gasteiger partial charge in [0.2, 0.25) is 5.91 Å². The van der Waals surface area contributed by atoms with Crippen molar-refractivity contribution in [1.29, 1.82) is 0 Å². The Morgan fingerprint density at radius 2 is 1.68 bits per heavy atom. The van der Waals surface area contributed by atoms with Crippen LogP contribution in [0.4, 0.5) is 5.69 Å². The molecule has 0 aromatic heterocycles. The quantitative estimate of drug-likeness (QED) is 0.911. The van der Waals surface area contributed by atoms with Crippen LogP contribution >= 0.6 is 0 Å². The van der Waals surface area contributed by atoms with Crippen LogP contribution in [0.1, 0.15) is 24.0 Å². The van der Waals surface area contributed by atoms with Crippen molar-refractivity contribution in [1.82, 2.24) is 5.32 Å². The summed E-state index contributed by atoms with van der Waals surface area (Å²) in [6.45, 7) is 1.79. The Morgan fingerprint density at radius 1 is 1.04 bits per heavy atom. The maximum atomic E-state index is 13.1. The van der Waals surface area contributed by atoms with E-state index in [2.05, 4.69) is 46.6 Å².